The minimum atomic E-state index is -0.444. The van der Waals surface area contributed by atoms with Gasteiger partial charge < -0.3 is 15.0 Å². The van der Waals surface area contributed by atoms with Crippen molar-refractivity contribution in [3.8, 4) is 0 Å². The standard InChI is InChI=1S/C16H24N4O3/c1-23-15(21)14-9-13-11-19(7-8-20(13)18-14)16(22)17-10-12-5-3-2-4-6-12/h9,12H,2-8,10-11H2,1H3,(H,17,22). The zero-order valence-electron chi connectivity index (χ0n) is 13.6. The summed E-state index contributed by atoms with van der Waals surface area (Å²) in [4.78, 5) is 25.7. The molecule has 1 saturated carbocycles. The normalized spacial score (nSPS) is 18.4. The molecule has 23 heavy (non-hydrogen) atoms. The lowest BCUT2D eigenvalue weighted by Gasteiger charge is -2.29. The van der Waals surface area contributed by atoms with Crippen molar-refractivity contribution in [2.45, 2.75) is 45.2 Å². The number of carbonyl (C=O) groups is 2. The van der Waals surface area contributed by atoms with Gasteiger partial charge in [0.2, 0.25) is 0 Å². The third kappa shape index (κ3) is 3.65. The van der Waals surface area contributed by atoms with E-state index in [9.17, 15) is 9.59 Å². The molecule has 0 unspecified atom stereocenters. The molecule has 1 N–H and O–H groups in total. The van der Waals surface area contributed by atoms with Crippen LogP contribution in [0.25, 0.3) is 0 Å². The van der Waals surface area contributed by atoms with Crippen LogP contribution in [-0.4, -0.2) is 46.9 Å². The number of nitrogens with one attached hydrogen (secondary N) is 1. The summed E-state index contributed by atoms with van der Waals surface area (Å²) in [6, 6.07) is 1.68. The lowest BCUT2D eigenvalue weighted by atomic mass is 9.89. The van der Waals surface area contributed by atoms with Crippen molar-refractivity contribution < 1.29 is 14.3 Å². The Morgan fingerprint density at radius 3 is 2.83 bits per heavy atom. The Labute approximate surface area is 136 Å². The molecule has 3 rings (SSSR count). The minimum absolute atomic E-state index is 0.0253. The van der Waals surface area contributed by atoms with Gasteiger partial charge in [-0.15, -0.1) is 0 Å². The average Bonchev–Trinajstić information content (AvgIpc) is 3.03. The Morgan fingerprint density at radius 1 is 1.30 bits per heavy atom. The van der Waals surface area contributed by atoms with Crippen molar-refractivity contribution >= 4 is 12.0 Å². The van der Waals surface area contributed by atoms with E-state index in [1.165, 1.54) is 39.2 Å². The molecule has 0 saturated heterocycles. The van der Waals surface area contributed by atoms with E-state index in [-0.39, 0.29) is 6.03 Å². The van der Waals surface area contributed by atoms with Crippen molar-refractivity contribution in [2.24, 2.45) is 5.92 Å². The third-order valence-corrected chi connectivity index (χ3v) is 4.75. The highest BCUT2D eigenvalue weighted by Crippen LogP contribution is 2.23. The quantitative estimate of drug-likeness (QED) is 0.861. The van der Waals surface area contributed by atoms with E-state index in [1.54, 1.807) is 15.6 Å². The van der Waals surface area contributed by atoms with Crippen molar-refractivity contribution in [2.75, 3.05) is 20.2 Å². The lowest BCUT2D eigenvalue weighted by molar-refractivity contribution is 0.0592. The van der Waals surface area contributed by atoms with Gasteiger partial charge in [-0.3, -0.25) is 4.68 Å². The van der Waals surface area contributed by atoms with Crippen molar-refractivity contribution in [3.63, 3.8) is 0 Å². The number of carbonyl (C=O) groups excluding carboxylic acids is 2. The Balaban J connectivity index is 1.54. The molecule has 2 amide bonds. The molecular weight excluding hydrogens is 296 g/mol. The number of rotatable bonds is 3. The fraction of sp³-hybridized carbons (Fsp3) is 0.688. The van der Waals surface area contributed by atoms with E-state index in [4.69, 9.17) is 0 Å². The number of amides is 2. The highest BCUT2D eigenvalue weighted by molar-refractivity contribution is 5.87. The summed E-state index contributed by atoms with van der Waals surface area (Å²) >= 11 is 0. The first-order chi connectivity index (χ1) is 11.2. The van der Waals surface area contributed by atoms with Crippen LogP contribution < -0.4 is 5.32 Å². The average molecular weight is 320 g/mol. The number of ether oxygens (including phenoxy) is 1. The summed E-state index contributed by atoms with van der Waals surface area (Å²) in [6.45, 7) is 2.44. The summed E-state index contributed by atoms with van der Waals surface area (Å²) in [5.74, 6) is 0.175. The van der Waals surface area contributed by atoms with Crippen LogP contribution in [0.4, 0.5) is 4.79 Å². The maximum absolute atomic E-state index is 12.3. The molecule has 1 fully saturated rings. The topological polar surface area (TPSA) is 76.5 Å². The Bertz CT molecular complexity index is 578. The molecule has 2 aliphatic rings. The number of fused-ring (bicyclic) bond motifs is 1. The summed E-state index contributed by atoms with van der Waals surface area (Å²) in [5.41, 5.74) is 1.16. The molecule has 1 aliphatic carbocycles. The molecule has 1 aromatic rings. The molecule has 1 aromatic heterocycles. The Morgan fingerprint density at radius 2 is 2.09 bits per heavy atom. The maximum atomic E-state index is 12.3. The number of hydrogen-bond acceptors (Lipinski definition) is 4. The second-order valence-electron chi connectivity index (χ2n) is 6.35. The highest BCUT2D eigenvalue weighted by Gasteiger charge is 2.24. The Hall–Kier alpha value is -2.05. The number of aromatic nitrogens is 2. The molecule has 1 aliphatic heterocycles. The van der Waals surface area contributed by atoms with Crippen LogP contribution in [0.15, 0.2) is 6.07 Å². The summed E-state index contributed by atoms with van der Waals surface area (Å²) in [7, 11) is 1.34. The molecule has 0 radical (unpaired) electrons. The SMILES string of the molecule is COC(=O)c1cc2n(n1)CCN(C(=O)NCC1CCCCC1)C2. The molecule has 0 bridgehead atoms. The predicted octanol–water partition coefficient (Wildman–Crippen LogP) is 1.78. The number of hydrogen-bond donors (Lipinski definition) is 1. The van der Waals surface area contributed by atoms with Gasteiger partial charge in [0, 0.05) is 13.1 Å². The zero-order valence-corrected chi connectivity index (χ0v) is 13.6. The van der Waals surface area contributed by atoms with Crippen LogP contribution in [0, 0.1) is 5.92 Å². The van der Waals surface area contributed by atoms with Gasteiger partial charge in [-0.2, -0.15) is 5.10 Å². The number of esters is 1. The van der Waals surface area contributed by atoms with Crippen LogP contribution in [0.5, 0.6) is 0 Å². The van der Waals surface area contributed by atoms with Gasteiger partial charge in [-0.05, 0) is 24.8 Å². The number of methoxy groups -OCH3 is 1. The first-order valence-corrected chi connectivity index (χ1v) is 8.35. The summed E-state index contributed by atoms with van der Waals surface area (Å²) < 4.78 is 6.46. The lowest BCUT2D eigenvalue weighted by Crippen LogP contribution is -2.45. The van der Waals surface area contributed by atoms with E-state index >= 15 is 0 Å². The predicted molar refractivity (Wildman–Crippen MR) is 84.0 cm³/mol. The smallest absolute Gasteiger partial charge is 0.358 e. The zero-order chi connectivity index (χ0) is 16.2. The van der Waals surface area contributed by atoms with Crippen LogP contribution in [0.2, 0.25) is 0 Å². The van der Waals surface area contributed by atoms with Gasteiger partial charge in [-0.25, -0.2) is 9.59 Å². The molecule has 0 aromatic carbocycles. The third-order valence-electron chi connectivity index (χ3n) is 4.75. The van der Waals surface area contributed by atoms with Crippen molar-refractivity contribution in [1.29, 1.82) is 0 Å². The van der Waals surface area contributed by atoms with Gasteiger partial charge >= 0.3 is 12.0 Å². The van der Waals surface area contributed by atoms with Gasteiger partial charge in [-0.1, -0.05) is 19.3 Å². The summed E-state index contributed by atoms with van der Waals surface area (Å²) in [6.07, 6.45) is 6.31. The number of nitrogens with zero attached hydrogens (tertiary/aromatic N) is 3. The van der Waals surface area contributed by atoms with Crippen LogP contribution in [-0.2, 0) is 17.8 Å². The van der Waals surface area contributed by atoms with E-state index in [0.29, 0.717) is 31.2 Å². The molecule has 7 nitrogen and oxygen atoms in total. The molecular formula is C16H24N4O3. The van der Waals surface area contributed by atoms with Gasteiger partial charge in [0.05, 0.1) is 25.9 Å². The molecule has 0 atom stereocenters. The van der Waals surface area contributed by atoms with Crippen LogP contribution in [0.3, 0.4) is 0 Å². The molecule has 126 valence electrons. The Kier molecular flexibility index (Phi) is 4.83. The number of urea groups is 1. The van der Waals surface area contributed by atoms with Gasteiger partial charge in [0.1, 0.15) is 0 Å². The van der Waals surface area contributed by atoms with E-state index in [1.807, 2.05) is 0 Å². The van der Waals surface area contributed by atoms with Crippen molar-refractivity contribution in [1.82, 2.24) is 20.0 Å². The second kappa shape index (κ2) is 7.02. The fourth-order valence-corrected chi connectivity index (χ4v) is 3.38. The first-order valence-electron chi connectivity index (χ1n) is 8.35. The molecule has 0 spiro atoms. The second-order valence-corrected chi connectivity index (χ2v) is 6.35. The fourth-order valence-electron chi connectivity index (χ4n) is 3.38. The molecule has 2 heterocycles. The van der Waals surface area contributed by atoms with Gasteiger partial charge in [0.15, 0.2) is 5.69 Å². The van der Waals surface area contributed by atoms with Crippen molar-refractivity contribution in [3.05, 3.63) is 17.5 Å². The van der Waals surface area contributed by atoms with E-state index in [0.717, 1.165) is 12.2 Å². The minimum Gasteiger partial charge on any atom is -0.464 e. The molecule has 7 heteroatoms. The van der Waals surface area contributed by atoms with Gasteiger partial charge in [0.25, 0.3) is 0 Å². The van der Waals surface area contributed by atoms with Crippen LogP contribution in [0.1, 0.15) is 48.3 Å². The van der Waals surface area contributed by atoms with Crippen LogP contribution >= 0.6 is 0 Å². The van der Waals surface area contributed by atoms with E-state index < -0.39 is 5.97 Å². The monoisotopic (exact) mass is 320 g/mol. The first kappa shape index (κ1) is 15.8. The maximum Gasteiger partial charge on any atom is 0.358 e. The summed E-state index contributed by atoms with van der Waals surface area (Å²) in [5, 5.41) is 7.28. The largest absolute Gasteiger partial charge is 0.464 e. The highest BCUT2D eigenvalue weighted by atomic mass is 16.5. The van der Waals surface area contributed by atoms with E-state index in [2.05, 4.69) is 15.2 Å².